The van der Waals surface area contributed by atoms with Crippen molar-refractivity contribution in [3.63, 3.8) is 0 Å². The number of benzene rings is 2. The molecule has 0 unspecified atom stereocenters. The third kappa shape index (κ3) is 2.75. The highest BCUT2D eigenvalue weighted by Crippen LogP contribution is 2.26. The number of nitrogens with two attached hydrogens (primary N) is 1. The second-order valence-corrected chi connectivity index (χ2v) is 3.91. The molecule has 0 spiro atoms. The minimum absolute atomic E-state index is 0.246. The zero-order valence-corrected chi connectivity index (χ0v) is 9.61. The molecule has 0 aliphatic rings. The molecule has 0 aliphatic heterocycles. The van der Waals surface area contributed by atoms with Crippen LogP contribution in [0.5, 0.6) is 5.75 Å². The average molecular weight is 231 g/mol. The van der Waals surface area contributed by atoms with Crippen LogP contribution in [0.15, 0.2) is 42.5 Å². The highest BCUT2D eigenvalue weighted by atomic mass is 19.1. The zero-order valence-electron chi connectivity index (χ0n) is 9.61. The van der Waals surface area contributed by atoms with E-state index in [1.807, 2.05) is 19.1 Å². The van der Waals surface area contributed by atoms with E-state index in [0.717, 1.165) is 11.1 Å². The maximum absolute atomic E-state index is 12.7. The molecule has 0 saturated carbocycles. The van der Waals surface area contributed by atoms with Gasteiger partial charge in [0.05, 0.1) is 5.69 Å². The Kier molecular flexibility index (Phi) is 3.28. The molecule has 0 heterocycles. The fourth-order valence-corrected chi connectivity index (χ4v) is 1.61. The molecule has 0 saturated heterocycles. The van der Waals surface area contributed by atoms with Gasteiger partial charge in [-0.3, -0.25) is 0 Å². The lowest BCUT2D eigenvalue weighted by atomic mass is 10.2. The van der Waals surface area contributed by atoms with Crippen LogP contribution in [-0.2, 0) is 6.61 Å². The van der Waals surface area contributed by atoms with Crippen molar-refractivity contribution in [1.82, 2.24) is 0 Å². The summed E-state index contributed by atoms with van der Waals surface area (Å²) in [4.78, 5) is 0. The lowest BCUT2D eigenvalue weighted by Crippen LogP contribution is -2.00. The SMILES string of the molecule is Cc1cccc(N)c1OCc1ccc(F)cc1. The van der Waals surface area contributed by atoms with Crippen LogP contribution in [0.2, 0.25) is 0 Å². The molecule has 0 aromatic heterocycles. The van der Waals surface area contributed by atoms with Crippen LogP contribution in [0.25, 0.3) is 0 Å². The number of halogens is 1. The van der Waals surface area contributed by atoms with Gasteiger partial charge in [0.25, 0.3) is 0 Å². The van der Waals surface area contributed by atoms with Crippen LogP contribution in [0.1, 0.15) is 11.1 Å². The van der Waals surface area contributed by atoms with Gasteiger partial charge in [-0.05, 0) is 36.2 Å². The van der Waals surface area contributed by atoms with Gasteiger partial charge in [0.15, 0.2) is 0 Å². The normalized spacial score (nSPS) is 10.2. The predicted octanol–water partition coefficient (Wildman–Crippen LogP) is 3.30. The molecular formula is C14H14FNO. The van der Waals surface area contributed by atoms with Gasteiger partial charge >= 0.3 is 0 Å². The lowest BCUT2D eigenvalue weighted by molar-refractivity contribution is 0.305. The molecule has 0 aliphatic carbocycles. The van der Waals surface area contributed by atoms with Gasteiger partial charge in [-0.15, -0.1) is 0 Å². The summed E-state index contributed by atoms with van der Waals surface area (Å²) >= 11 is 0. The summed E-state index contributed by atoms with van der Waals surface area (Å²) in [5.41, 5.74) is 8.35. The number of para-hydroxylation sites is 1. The van der Waals surface area contributed by atoms with Gasteiger partial charge in [0.2, 0.25) is 0 Å². The summed E-state index contributed by atoms with van der Waals surface area (Å²) in [5, 5.41) is 0. The number of anilines is 1. The van der Waals surface area contributed by atoms with Crippen LogP contribution in [0, 0.1) is 12.7 Å². The Balaban J connectivity index is 2.10. The van der Waals surface area contributed by atoms with Crippen LogP contribution in [0.4, 0.5) is 10.1 Å². The minimum Gasteiger partial charge on any atom is -0.486 e. The lowest BCUT2D eigenvalue weighted by Gasteiger charge is -2.11. The van der Waals surface area contributed by atoms with E-state index in [4.69, 9.17) is 10.5 Å². The van der Waals surface area contributed by atoms with Crippen LogP contribution in [-0.4, -0.2) is 0 Å². The first-order valence-corrected chi connectivity index (χ1v) is 5.39. The Bertz CT molecular complexity index is 488. The fourth-order valence-electron chi connectivity index (χ4n) is 1.61. The van der Waals surface area contributed by atoms with Gasteiger partial charge in [0, 0.05) is 0 Å². The number of hydrogen-bond donors (Lipinski definition) is 1. The first kappa shape index (κ1) is 11.5. The van der Waals surface area contributed by atoms with E-state index in [9.17, 15) is 4.39 Å². The molecule has 0 amide bonds. The maximum atomic E-state index is 12.7. The zero-order chi connectivity index (χ0) is 12.3. The van der Waals surface area contributed by atoms with E-state index in [2.05, 4.69) is 0 Å². The second-order valence-electron chi connectivity index (χ2n) is 3.91. The Hall–Kier alpha value is -2.03. The van der Waals surface area contributed by atoms with E-state index in [0.29, 0.717) is 18.0 Å². The van der Waals surface area contributed by atoms with E-state index >= 15 is 0 Å². The van der Waals surface area contributed by atoms with Gasteiger partial charge in [-0.1, -0.05) is 24.3 Å². The van der Waals surface area contributed by atoms with Crippen molar-refractivity contribution in [2.24, 2.45) is 0 Å². The molecule has 0 radical (unpaired) electrons. The Morgan fingerprint density at radius 2 is 1.82 bits per heavy atom. The summed E-state index contributed by atoms with van der Waals surface area (Å²) in [6.45, 7) is 2.33. The first-order chi connectivity index (χ1) is 8.16. The van der Waals surface area contributed by atoms with Gasteiger partial charge in [-0.2, -0.15) is 0 Å². The summed E-state index contributed by atoms with van der Waals surface area (Å²) < 4.78 is 18.4. The third-order valence-electron chi connectivity index (χ3n) is 2.54. The van der Waals surface area contributed by atoms with Crippen molar-refractivity contribution in [3.05, 3.63) is 59.4 Å². The van der Waals surface area contributed by atoms with Crippen molar-refractivity contribution in [2.45, 2.75) is 13.5 Å². The van der Waals surface area contributed by atoms with Crippen molar-refractivity contribution in [1.29, 1.82) is 0 Å². The van der Waals surface area contributed by atoms with Crippen LogP contribution >= 0.6 is 0 Å². The van der Waals surface area contributed by atoms with E-state index in [1.165, 1.54) is 12.1 Å². The standard InChI is InChI=1S/C14H14FNO/c1-10-3-2-4-13(16)14(10)17-9-11-5-7-12(15)8-6-11/h2-8H,9,16H2,1H3. The number of rotatable bonds is 3. The number of nitrogen functional groups attached to an aromatic ring is 1. The Labute approximate surface area is 99.8 Å². The molecule has 2 aromatic rings. The van der Waals surface area contributed by atoms with E-state index < -0.39 is 0 Å². The quantitative estimate of drug-likeness (QED) is 0.822. The Morgan fingerprint density at radius 1 is 1.12 bits per heavy atom. The van der Waals surface area contributed by atoms with E-state index in [1.54, 1.807) is 18.2 Å². The van der Waals surface area contributed by atoms with Crippen LogP contribution in [0.3, 0.4) is 0 Å². The monoisotopic (exact) mass is 231 g/mol. The number of aryl methyl sites for hydroxylation is 1. The number of hydrogen-bond acceptors (Lipinski definition) is 2. The summed E-state index contributed by atoms with van der Waals surface area (Å²) in [5.74, 6) is 0.445. The second kappa shape index (κ2) is 4.87. The van der Waals surface area contributed by atoms with E-state index in [-0.39, 0.29) is 5.82 Å². The molecule has 2 aromatic carbocycles. The molecular weight excluding hydrogens is 217 g/mol. The summed E-state index contributed by atoms with van der Waals surface area (Å²) in [7, 11) is 0. The predicted molar refractivity (Wildman–Crippen MR) is 66.3 cm³/mol. The van der Waals surface area contributed by atoms with Crippen LogP contribution < -0.4 is 10.5 Å². The maximum Gasteiger partial charge on any atom is 0.145 e. The minimum atomic E-state index is -0.246. The van der Waals surface area contributed by atoms with Crippen molar-refractivity contribution in [2.75, 3.05) is 5.73 Å². The molecule has 0 fully saturated rings. The smallest absolute Gasteiger partial charge is 0.145 e. The molecule has 2 rings (SSSR count). The summed E-state index contributed by atoms with van der Waals surface area (Å²) in [6, 6.07) is 11.9. The topological polar surface area (TPSA) is 35.2 Å². The molecule has 0 atom stereocenters. The van der Waals surface area contributed by atoms with Gasteiger partial charge < -0.3 is 10.5 Å². The van der Waals surface area contributed by atoms with Gasteiger partial charge in [-0.25, -0.2) is 4.39 Å². The average Bonchev–Trinajstić information content (AvgIpc) is 2.31. The fraction of sp³-hybridized carbons (Fsp3) is 0.143. The molecule has 88 valence electrons. The summed E-state index contributed by atoms with van der Waals surface area (Å²) in [6.07, 6.45) is 0. The molecule has 17 heavy (non-hydrogen) atoms. The largest absolute Gasteiger partial charge is 0.486 e. The molecule has 0 bridgehead atoms. The molecule has 2 N–H and O–H groups in total. The molecule has 2 nitrogen and oxygen atoms in total. The van der Waals surface area contributed by atoms with Crippen molar-refractivity contribution >= 4 is 5.69 Å². The first-order valence-electron chi connectivity index (χ1n) is 5.39. The van der Waals surface area contributed by atoms with Gasteiger partial charge in [0.1, 0.15) is 18.2 Å². The highest BCUT2D eigenvalue weighted by molar-refractivity contribution is 5.56. The third-order valence-corrected chi connectivity index (χ3v) is 2.54. The Morgan fingerprint density at radius 3 is 2.47 bits per heavy atom. The highest BCUT2D eigenvalue weighted by Gasteiger charge is 2.04. The van der Waals surface area contributed by atoms with Crippen molar-refractivity contribution in [3.8, 4) is 5.75 Å². The van der Waals surface area contributed by atoms with Crippen molar-refractivity contribution < 1.29 is 9.13 Å². The number of ether oxygens (including phenoxy) is 1. The molecule has 3 heteroatoms.